The number of carbonyl (C=O) groups excluding carboxylic acids is 1. The highest BCUT2D eigenvalue weighted by molar-refractivity contribution is 9.10. The molecule has 0 spiro atoms. The number of amides is 2. The number of hydrogen-bond donors (Lipinski definition) is 1. The van der Waals surface area contributed by atoms with Crippen molar-refractivity contribution in [3.05, 3.63) is 28.8 Å². The van der Waals surface area contributed by atoms with Gasteiger partial charge in [0.2, 0.25) is 0 Å². The maximum Gasteiger partial charge on any atom is 0.321 e. The fraction of sp³-hybridized carbons (Fsp3) is 0.357. The summed E-state index contributed by atoms with van der Waals surface area (Å²) in [4.78, 5) is 13.6. The van der Waals surface area contributed by atoms with Crippen LogP contribution in [-0.4, -0.2) is 38.7 Å². The highest BCUT2D eigenvalue weighted by Gasteiger charge is 2.14. The molecule has 110 valence electrons. The standard InChI is InChI=1S/C14H19BrN2O3/c1-9(2)8-17(3)14(18)16-11-6-10(15)12(19-4)7-13(11)20-5/h6-7H,1,8H2,2-5H3,(H,16,18). The number of ether oxygens (including phenoxy) is 2. The number of anilines is 1. The quantitative estimate of drug-likeness (QED) is 0.833. The number of halogens is 1. The van der Waals surface area contributed by atoms with Crippen LogP contribution in [0.25, 0.3) is 0 Å². The summed E-state index contributed by atoms with van der Waals surface area (Å²) in [6.07, 6.45) is 0. The minimum Gasteiger partial charge on any atom is -0.495 e. The van der Waals surface area contributed by atoms with Crippen molar-refractivity contribution in [1.82, 2.24) is 4.90 Å². The molecule has 1 aromatic rings. The van der Waals surface area contributed by atoms with E-state index in [2.05, 4.69) is 27.8 Å². The van der Waals surface area contributed by atoms with E-state index < -0.39 is 0 Å². The largest absolute Gasteiger partial charge is 0.495 e. The molecular weight excluding hydrogens is 324 g/mol. The van der Waals surface area contributed by atoms with Gasteiger partial charge in [0, 0.05) is 19.7 Å². The van der Waals surface area contributed by atoms with E-state index in [1.165, 1.54) is 7.11 Å². The predicted octanol–water partition coefficient (Wildman–Crippen LogP) is 3.51. The normalized spacial score (nSPS) is 9.85. The highest BCUT2D eigenvalue weighted by atomic mass is 79.9. The first-order chi connectivity index (χ1) is 9.38. The summed E-state index contributed by atoms with van der Waals surface area (Å²) >= 11 is 3.38. The van der Waals surface area contributed by atoms with Crippen molar-refractivity contribution in [2.24, 2.45) is 0 Å². The molecule has 0 heterocycles. The molecule has 0 atom stereocenters. The van der Waals surface area contributed by atoms with Crippen molar-refractivity contribution in [3.63, 3.8) is 0 Å². The van der Waals surface area contributed by atoms with Crippen molar-refractivity contribution in [2.75, 3.05) is 33.1 Å². The number of benzene rings is 1. The van der Waals surface area contributed by atoms with Gasteiger partial charge >= 0.3 is 6.03 Å². The molecule has 1 aromatic carbocycles. The lowest BCUT2D eigenvalue weighted by molar-refractivity contribution is 0.225. The van der Waals surface area contributed by atoms with Crippen molar-refractivity contribution in [2.45, 2.75) is 6.92 Å². The molecule has 0 aliphatic heterocycles. The van der Waals surface area contributed by atoms with Gasteiger partial charge in [0.15, 0.2) is 0 Å². The van der Waals surface area contributed by atoms with Crippen LogP contribution in [0.3, 0.4) is 0 Å². The molecule has 0 aliphatic carbocycles. The molecule has 1 rings (SSSR count). The Bertz CT molecular complexity index is 517. The first kappa shape index (κ1) is 16.4. The molecule has 5 nitrogen and oxygen atoms in total. The summed E-state index contributed by atoms with van der Waals surface area (Å²) in [7, 11) is 4.81. The topological polar surface area (TPSA) is 50.8 Å². The Morgan fingerprint density at radius 1 is 1.35 bits per heavy atom. The summed E-state index contributed by atoms with van der Waals surface area (Å²) in [5.41, 5.74) is 1.48. The maximum atomic E-state index is 12.1. The van der Waals surface area contributed by atoms with E-state index in [4.69, 9.17) is 9.47 Å². The molecule has 0 saturated carbocycles. The Morgan fingerprint density at radius 2 is 1.95 bits per heavy atom. The van der Waals surface area contributed by atoms with E-state index in [0.717, 1.165) is 10.0 Å². The first-order valence-electron chi connectivity index (χ1n) is 5.97. The van der Waals surface area contributed by atoms with Crippen molar-refractivity contribution in [1.29, 1.82) is 0 Å². The van der Waals surface area contributed by atoms with E-state index in [1.807, 2.05) is 6.92 Å². The molecule has 0 unspecified atom stereocenters. The van der Waals surface area contributed by atoms with Crippen molar-refractivity contribution >= 4 is 27.6 Å². The van der Waals surface area contributed by atoms with Gasteiger partial charge in [-0.3, -0.25) is 0 Å². The van der Waals surface area contributed by atoms with Gasteiger partial charge in [0.1, 0.15) is 11.5 Å². The van der Waals surface area contributed by atoms with Crippen molar-refractivity contribution < 1.29 is 14.3 Å². The number of likely N-dealkylation sites (N-methyl/N-ethyl adjacent to an activating group) is 1. The molecular formula is C14H19BrN2O3. The zero-order valence-corrected chi connectivity index (χ0v) is 13.7. The second-order valence-electron chi connectivity index (χ2n) is 4.43. The van der Waals surface area contributed by atoms with E-state index in [0.29, 0.717) is 23.7 Å². The lowest BCUT2D eigenvalue weighted by Crippen LogP contribution is -2.32. The van der Waals surface area contributed by atoms with Crippen LogP contribution < -0.4 is 14.8 Å². The minimum atomic E-state index is -0.233. The summed E-state index contributed by atoms with van der Waals surface area (Å²) in [6.45, 7) is 6.15. The lowest BCUT2D eigenvalue weighted by Gasteiger charge is -2.19. The maximum absolute atomic E-state index is 12.1. The van der Waals surface area contributed by atoms with Gasteiger partial charge in [-0.1, -0.05) is 12.2 Å². The molecule has 0 saturated heterocycles. The lowest BCUT2D eigenvalue weighted by atomic mass is 10.2. The third kappa shape index (κ3) is 4.16. The number of hydrogen-bond acceptors (Lipinski definition) is 3. The monoisotopic (exact) mass is 342 g/mol. The summed E-state index contributed by atoms with van der Waals surface area (Å²) in [6, 6.07) is 3.21. The van der Waals surface area contributed by atoms with Crippen LogP contribution in [0.15, 0.2) is 28.8 Å². The fourth-order valence-electron chi connectivity index (χ4n) is 1.65. The van der Waals surface area contributed by atoms with Crippen molar-refractivity contribution in [3.8, 4) is 11.5 Å². The van der Waals surface area contributed by atoms with Crippen LogP contribution >= 0.6 is 15.9 Å². The first-order valence-corrected chi connectivity index (χ1v) is 6.76. The molecule has 20 heavy (non-hydrogen) atoms. The average molecular weight is 343 g/mol. The predicted molar refractivity (Wildman–Crippen MR) is 83.7 cm³/mol. The van der Waals surface area contributed by atoms with Crippen LogP contribution in [0.2, 0.25) is 0 Å². The number of carbonyl (C=O) groups is 1. The summed E-state index contributed by atoms with van der Waals surface area (Å²) < 4.78 is 11.2. The van der Waals surface area contributed by atoms with E-state index in [9.17, 15) is 4.79 Å². The van der Waals surface area contributed by atoms with Crippen LogP contribution in [0.4, 0.5) is 10.5 Å². The Kier molecular flexibility index (Phi) is 5.88. The molecule has 2 amide bonds. The zero-order chi connectivity index (χ0) is 15.3. The van der Waals surface area contributed by atoms with E-state index >= 15 is 0 Å². The Hall–Kier alpha value is -1.69. The number of nitrogens with zero attached hydrogens (tertiary/aromatic N) is 1. The number of nitrogens with one attached hydrogen (secondary N) is 1. The third-order valence-electron chi connectivity index (χ3n) is 2.57. The second-order valence-corrected chi connectivity index (χ2v) is 5.28. The Balaban J connectivity index is 2.94. The van der Waals surface area contributed by atoms with Gasteiger partial charge in [0.25, 0.3) is 0 Å². The molecule has 6 heteroatoms. The second kappa shape index (κ2) is 7.19. The van der Waals surface area contributed by atoms with Crippen LogP contribution in [0, 0.1) is 0 Å². The fourth-order valence-corrected chi connectivity index (χ4v) is 2.15. The minimum absolute atomic E-state index is 0.233. The summed E-state index contributed by atoms with van der Waals surface area (Å²) in [5.74, 6) is 1.16. The molecule has 0 aliphatic rings. The van der Waals surface area contributed by atoms with E-state index in [-0.39, 0.29) is 6.03 Å². The number of methoxy groups -OCH3 is 2. The SMILES string of the molecule is C=C(C)CN(C)C(=O)Nc1cc(Br)c(OC)cc1OC. The van der Waals surface area contributed by atoms with Gasteiger partial charge in [-0.15, -0.1) is 0 Å². The van der Waals surface area contributed by atoms with Gasteiger partial charge in [-0.05, 0) is 28.9 Å². The van der Waals surface area contributed by atoms with Gasteiger partial charge in [0.05, 0.1) is 24.4 Å². The van der Waals surface area contributed by atoms with Crippen LogP contribution in [-0.2, 0) is 0 Å². The smallest absolute Gasteiger partial charge is 0.321 e. The highest BCUT2D eigenvalue weighted by Crippen LogP contribution is 2.36. The molecule has 0 radical (unpaired) electrons. The number of urea groups is 1. The van der Waals surface area contributed by atoms with Gasteiger partial charge in [-0.2, -0.15) is 0 Å². The molecule has 0 aromatic heterocycles. The van der Waals surface area contributed by atoms with E-state index in [1.54, 1.807) is 31.2 Å². The Labute approximate surface area is 127 Å². The van der Waals surface area contributed by atoms with Gasteiger partial charge < -0.3 is 19.7 Å². The van der Waals surface area contributed by atoms with Crippen LogP contribution in [0.5, 0.6) is 11.5 Å². The molecule has 1 N–H and O–H groups in total. The number of rotatable bonds is 5. The van der Waals surface area contributed by atoms with Gasteiger partial charge in [-0.25, -0.2) is 4.79 Å². The molecule has 0 fully saturated rings. The van der Waals surface area contributed by atoms with Crippen LogP contribution in [0.1, 0.15) is 6.92 Å². The molecule has 0 bridgehead atoms. The average Bonchev–Trinajstić information content (AvgIpc) is 2.38. The Morgan fingerprint density at radius 3 is 2.45 bits per heavy atom. The zero-order valence-electron chi connectivity index (χ0n) is 12.1. The third-order valence-corrected chi connectivity index (χ3v) is 3.19. The summed E-state index contributed by atoms with van der Waals surface area (Å²) in [5, 5.41) is 2.79.